The molecule has 1 aliphatic rings. The van der Waals surface area contributed by atoms with Gasteiger partial charge in [-0.15, -0.1) is 0 Å². The van der Waals surface area contributed by atoms with E-state index in [9.17, 15) is 0 Å². The van der Waals surface area contributed by atoms with Crippen LogP contribution in [0.3, 0.4) is 0 Å². The minimum Gasteiger partial charge on any atom is -0.423 e. The van der Waals surface area contributed by atoms with Gasteiger partial charge in [-0.3, -0.25) is 0 Å². The second kappa shape index (κ2) is 4.77. The molecule has 0 aliphatic carbocycles. The first-order valence-corrected chi connectivity index (χ1v) is 5.21. The van der Waals surface area contributed by atoms with E-state index in [2.05, 4.69) is 9.97 Å². The van der Waals surface area contributed by atoms with Crippen molar-refractivity contribution in [2.24, 2.45) is 0 Å². The Morgan fingerprint density at radius 3 is 2.69 bits per heavy atom. The summed E-state index contributed by atoms with van der Waals surface area (Å²) in [5.74, 6) is 0.597. The van der Waals surface area contributed by atoms with Crippen molar-refractivity contribution in [3.63, 3.8) is 0 Å². The summed E-state index contributed by atoms with van der Waals surface area (Å²) >= 11 is 0. The molecule has 86 valence electrons. The summed E-state index contributed by atoms with van der Waals surface area (Å²) in [5.41, 5.74) is 0.296. The normalized spacial score (nSPS) is 20.9. The van der Waals surface area contributed by atoms with E-state index < -0.39 is 7.12 Å². The Kier molecular flexibility index (Phi) is 3.38. The Morgan fingerprint density at radius 1 is 1.44 bits per heavy atom. The minimum absolute atomic E-state index is 0.235. The van der Waals surface area contributed by atoms with Crippen LogP contribution in [0.5, 0.6) is 0 Å². The SMILES string of the molecule is C[C@@H]1COCCN1c1ncc(B(O)O)cn1. The lowest BCUT2D eigenvalue weighted by molar-refractivity contribution is 0.0981. The molecule has 6 nitrogen and oxygen atoms in total. The van der Waals surface area contributed by atoms with Crippen LogP contribution in [0.25, 0.3) is 0 Å². The van der Waals surface area contributed by atoms with E-state index in [0.29, 0.717) is 24.6 Å². The van der Waals surface area contributed by atoms with Gasteiger partial charge in [-0.05, 0) is 6.92 Å². The first-order valence-electron chi connectivity index (χ1n) is 5.21. The van der Waals surface area contributed by atoms with Crippen molar-refractivity contribution in [2.75, 3.05) is 24.7 Å². The fourth-order valence-electron chi connectivity index (χ4n) is 1.64. The van der Waals surface area contributed by atoms with Gasteiger partial charge in [0.1, 0.15) is 0 Å². The van der Waals surface area contributed by atoms with Crippen LogP contribution >= 0.6 is 0 Å². The molecule has 2 heterocycles. The van der Waals surface area contributed by atoms with Crippen molar-refractivity contribution in [3.05, 3.63) is 12.4 Å². The van der Waals surface area contributed by atoms with Gasteiger partial charge in [0.25, 0.3) is 0 Å². The van der Waals surface area contributed by atoms with Crippen molar-refractivity contribution in [2.45, 2.75) is 13.0 Å². The van der Waals surface area contributed by atoms with E-state index in [0.717, 1.165) is 6.54 Å². The standard InChI is InChI=1S/C9H14BN3O3/c1-7-6-16-3-2-13(7)9-11-4-8(5-12-9)10(14)15/h4-5,7,14-15H,2-3,6H2,1H3/t7-/m1/s1. The van der Waals surface area contributed by atoms with E-state index in [1.54, 1.807) is 0 Å². The van der Waals surface area contributed by atoms with Gasteiger partial charge >= 0.3 is 7.12 Å². The van der Waals surface area contributed by atoms with Crippen molar-refractivity contribution >= 4 is 18.5 Å². The molecule has 1 aliphatic heterocycles. The summed E-state index contributed by atoms with van der Waals surface area (Å²) in [6.07, 6.45) is 2.85. The summed E-state index contributed by atoms with van der Waals surface area (Å²) in [6.45, 7) is 4.12. The lowest BCUT2D eigenvalue weighted by atomic mass is 9.83. The average Bonchev–Trinajstić information content (AvgIpc) is 2.30. The largest absolute Gasteiger partial charge is 0.491 e. The van der Waals surface area contributed by atoms with E-state index in [1.807, 2.05) is 11.8 Å². The third-order valence-electron chi connectivity index (χ3n) is 2.58. The number of hydrogen-bond donors (Lipinski definition) is 2. The summed E-state index contributed by atoms with van der Waals surface area (Å²) < 4.78 is 5.32. The van der Waals surface area contributed by atoms with E-state index in [-0.39, 0.29) is 6.04 Å². The number of hydrogen-bond acceptors (Lipinski definition) is 6. The monoisotopic (exact) mass is 223 g/mol. The van der Waals surface area contributed by atoms with Gasteiger partial charge in [0.2, 0.25) is 5.95 Å². The maximum absolute atomic E-state index is 8.92. The minimum atomic E-state index is -1.52. The molecule has 1 saturated heterocycles. The van der Waals surface area contributed by atoms with Crippen LogP contribution in [0.4, 0.5) is 5.95 Å². The zero-order chi connectivity index (χ0) is 11.5. The zero-order valence-electron chi connectivity index (χ0n) is 9.08. The van der Waals surface area contributed by atoms with E-state index in [4.69, 9.17) is 14.8 Å². The van der Waals surface area contributed by atoms with E-state index in [1.165, 1.54) is 12.4 Å². The Labute approximate surface area is 94.0 Å². The van der Waals surface area contributed by atoms with Gasteiger partial charge in [0.05, 0.1) is 19.3 Å². The predicted octanol–water partition coefficient (Wildman–Crippen LogP) is -1.62. The Balaban J connectivity index is 2.14. The third-order valence-corrected chi connectivity index (χ3v) is 2.58. The lowest BCUT2D eigenvalue weighted by Crippen LogP contribution is -2.45. The summed E-state index contributed by atoms with van der Waals surface area (Å²) in [7, 11) is -1.52. The molecular weight excluding hydrogens is 209 g/mol. The molecule has 0 unspecified atom stereocenters. The van der Waals surface area contributed by atoms with Crippen LogP contribution in [0, 0.1) is 0 Å². The van der Waals surface area contributed by atoms with Gasteiger partial charge in [-0.1, -0.05) is 0 Å². The Hall–Kier alpha value is -1.18. The highest BCUT2D eigenvalue weighted by Gasteiger charge is 2.21. The van der Waals surface area contributed by atoms with Crippen molar-refractivity contribution < 1.29 is 14.8 Å². The highest BCUT2D eigenvalue weighted by molar-refractivity contribution is 6.58. The molecule has 0 amide bonds. The number of rotatable bonds is 2. The van der Waals surface area contributed by atoms with Gasteiger partial charge in [-0.2, -0.15) is 0 Å². The molecule has 0 radical (unpaired) electrons. The van der Waals surface area contributed by atoms with Crippen LogP contribution in [-0.4, -0.2) is 52.9 Å². The first-order chi connectivity index (χ1) is 7.68. The van der Waals surface area contributed by atoms with E-state index >= 15 is 0 Å². The fraction of sp³-hybridized carbons (Fsp3) is 0.556. The van der Waals surface area contributed by atoms with Gasteiger partial charge < -0.3 is 19.7 Å². The zero-order valence-corrected chi connectivity index (χ0v) is 9.08. The molecule has 0 bridgehead atoms. The van der Waals surface area contributed by atoms with Crippen LogP contribution in [0.1, 0.15) is 6.92 Å². The summed E-state index contributed by atoms with van der Waals surface area (Å²) in [4.78, 5) is 10.3. The number of morpholine rings is 1. The smallest absolute Gasteiger partial charge is 0.423 e. The van der Waals surface area contributed by atoms with Crippen LogP contribution in [0.15, 0.2) is 12.4 Å². The fourth-order valence-corrected chi connectivity index (χ4v) is 1.64. The first kappa shape index (κ1) is 11.3. The molecule has 0 aromatic carbocycles. The highest BCUT2D eigenvalue weighted by Crippen LogP contribution is 2.12. The van der Waals surface area contributed by atoms with Crippen molar-refractivity contribution in [1.82, 2.24) is 9.97 Å². The van der Waals surface area contributed by atoms with Crippen molar-refractivity contribution in [3.8, 4) is 0 Å². The highest BCUT2D eigenvalue weighted by atomic mass is 16.5. The molecule has 16 heavy (non-hydrogen) atoms. The number of aromatic nitrogens is 2. The third kappa shape index (κ3) is 2.32. The number of nitrogens with zero attached hydrogens (tertiary/aromatic N) is 3. The quantitative estimate of drug-likeness (QED) is 0.587. The lowest BCUT2D eigenvalue weighted by Gasteiger charge is -2.33. The maximum Gasteiger partial charge on any atom is 0.491 e. The molecule has 0 saturated carbocycles. The molecule has 0 spiro atoms. The van der Waals surface area contributed by atoms with Gasteiger partial charge in [0, 0.05) is 24.4 Å². The van der Waals surface area contributed by atoms with Crippen LogP contribution in [-0.2, 0) is 4.74 Å². The summed E-state index contributed by atoms with van der Waals surface area (Å²) in [6, 6.07) is 0.235. The van der Waals surface area contributed by atoms with Crippen molar-refractivity contribution in [1.29, 1.82) is 0 Å². The Bertz CT molecular complexity index is 346. The predicted molar refractivity (Wildman–Crippen MR) is 59.5 cm³/mol. The second-order valence-corrected chi connectivity index (χ2v) is 3.81. The molecule has 1 aromatic heterocycles. The van der Waals surface area contributed by atoms with Gasteiger partial charge in [-0.25, -0.2) is 9.97 Å². The topological polar surface area (TPSA) is 78.7 Å². The molecule has 7 heteroatoms. The molecule has 1 fully saturated rings. The maximum atomic E-state index is 8.92. The second-order valence-electron chi connectivity index (χ2n) is 3.81. The van der Waals surface area contributed by atoms with Gasteiger partial charge in [0.15, 0.2) is 0 Å². The molecule has 1 aromatic rings. The van der Waals surface area contributed by atoms with Crippen LogP contribution in [0.2, 0.25) is 0 Å². The van der Waals surface area contributed by atoms with Crippen LogP contribution < -0.4 is 10.4 Å². The average molecular weight is 223 g/mol. The number of ether oxygens (including phenoxy) is 1. The number of anilines is 1. The molecule has 2 N–H and O–H groups in total. The Morgan fingerprint density at radius 2 is 2.12 bits per heavy atom. The molecular formula is C9H14BN3O3. The molecule has 2 rings (SSSR count). The summed E-state index contributed by atoms with van der Waals surface area (Å²) in [5, 5.41) is 17.8. The molecule has 1 atom stereocenters.